The molecule has 0 unspecified atom stereocenters. The van der Waals surface area contributed by atoms with E-state index in [9.17, 15) is 33.8 Å². The minimum absolute atomic E-state index is 0.0403. The molecule has 0 aliphatic carbocycles. The van der Waals surface area contributed by atoms with Gasteiger partial charge in [0.25, 0.3) is 0 Å². The summed E-state index contributed by atoms with van der Waals surface area (Å²) in [4.78, 5) is 54.7. The molecule has 0 saturated heterocycles. The first-order valence-corrected chi connectivity index (χ1v) is 11.3. The quantitative estimate of drug-likeness (QED) is 0.247. The number of Topliss-reactive ketones (excluding diaryl/α,β-unsaturated/α-hetero) is 1. The zero-order valence-electron chi connectivity index (χ0n) is 20.8. The molecule has 0 fully saturated rings. The highest BCUT2D eigenvalue weighted by Crippen LogP contribution is 2.17. The lowest BCUT2D eigenvalue weighted by atomic mass is 10.1. The number of carbonyl (C=O) groups excluding carboxylic acids is 2. The molecule has 0 aliphatic heterocycles. The van der Waals surface area contributed by atoms with Crippen molar-refractivity contribution in [2.24, 2.45) is 0 Å². The van der Waals surface area contributed by atoms with Gasteiger partial charge in [0.15, 0.2) is 28.5 Å². The van der Waals surface area contributed by atoms with Crippen molar-refractivity contribution in [2.45, 2.75) is 26.7 Å². The van der Waals surface area contributed by atoms with Crippen LogP contribution in [0.25, 0.3) is 11.3 Å². The molecule has 0 spiro atoms. The van der Waals surface area contributed by atoms with Crippen molar-refractivity contribution in [3.05, 3.63) is 91.4 Å². The first-order valence-electron chi connectivity index (χ1n) is 11.3. The van der Waals surface area contributed by atoms with Crippen molar-refractivity contribution in [2.75, 3.05) is 7.11 Å². The van der Waals surface area contributed by atoms with E-state index in [1.807, 2.05) is 0 Å². The van der Waals surface area contributed by atoms with Crippen LogP contribution in [0, 0.1) is 19.7 Å². The number of methoxy groups -OCH3 is 1. The Bertz CT molecular complexity index is 1830. The van der Waals surface area contributed by atoms with Crippen LogP contribution in [0.3, 0.4) is 0 Å². The fourth-order valence-corrected chi connectivity index (χ4v) is 3.55. The molecule has 5 rings (SSSR count). The van der Waals surface area contributed by atoms with E-state index in [1.165, 1.54) is 24.3 Å². The van der Waals surface area contributed by atoms with Crippen molar-refractivity contribution >= 4 is 23.0 Å². The number of hydrogen-bond donors (Lipinski definition) is 2. The minimum Gasteiger partial charge on any atom is -0.501 e. The Morgan fingerprint density at radius 1 is 0.897 bits per heavy atom. The van der Waals surface area contributed by atoms with Crippen LogP contribution in [-0.2, 0) is 11.2 Å². The van der Waals surface area contributed by atoms with Gasteiger partial charge in [-0.1, -0.05) is 12.1 Å². The summed E-state index contributed by atoms with van der Waals surface area (Å²) in [5.41, 5.74) is -1.30. The summed E-state index contributed by atoms with van der Waals surface area (Å²) in [7, 11) is 1.13. The molecule has 4 heterocycles. The topological polar surface area (TPSA) is 179 Å². The summed E-state index contributed by atoms with van der Waals surface area (Å²) in [6.45, 7) is 3.24. The molecular formula is C25H21FN4O9. The molecule has 5 aromatic rings. The number of ketones is 1. The number of aryl methyl sites for hydroxylation is 3. The van der Waals surface area contributed by atoms with Gasteiger partial charge in [0.2, 0.25) is 11.5 Å². The molecule has 0 aliphatic rings. The Kier molecular flexibility index (Phi) is 7.29. The number of carbonyl (C=O) groups is 2. The molecular weight excluding hydrogens is 519 g/mol. The summed E-state index contributed by atoms with van der Waals surface area (Å²) in [6.07, 6.45) is 0.392. The van der Waals surface area contributed by atoms with E-state index in [2.05, 4.69) is 14.7 Å². The number of fused-ring (bicyclic) bond motifs is 2. The first kappa shape index (κ1) is 26.8. The van der Waals surface area contributed by atoms with Gasteiger partial charge in [-0.2, -0.15) is 0 Å². The monoisotopic (exact) mass is 540 g/mol. The zero-order valence-corrected chi connectivity index (χ0v) is 20.8. The van der Waals surface area contributed by atoms with Crippen LogP contribution < -0.4 is 11.1 Å². The number of esters is 1. The number of aromatic nitrogens is 4. The second kappa shape index (κ2) is 10.6. The van der Waals surface area contributed by atoms with Crippen molar-refractivity contribution in [3.8, 4) is 11.5 Å². The summed E-state index contributed by atoms with van der Waals surface area (Å²) in [5.74, 6) is -2.36. The Balaban J connectivity index is 0.000000193. The van der Waals surface area contributed by atoms with Crippen LogP contribution in [-0.4, -0.2) is 48.2 Å². The highest BCUT2D eigenvalue weighted by atomic mass is 19.1. The fourth-order valence-electron chi connectivity index (χ4n) is 3.55. The number of nitrogens with zero attached hydrogens (tertiary/aromatic N) is 4. The Labute approximate surface area is 217 Å². The van der Waals surface area contributed by atoms with Gasteiger partial charge in [-0.3, -0.25) is 14.4 Å². The van der Waals surface area contributed by atoms with Gasteiger partial charge in [-0.15, -0.1) is 9.15 Å². The molecule has 1 aromatic carbocycles. The first-order chi connectivity index (χ1) is 18.5. The third kappa shape index (κ3) is 5.39. The van der Waals surface area contributed by atoms with Gasteiger partial charge in [-0.25, -0.2) is 19.2 Å². The van der Waals surface area contributed by atoms with Crippen LogP contribution in [0.1, 0.15) is 44.5 Å². The van der Waals surface area contributed by atoms with Crippen molar-refractivity contribution in [1.29, 1.82) is 0 Å². The fraction of sp³-hybridized carbons (Fsp3) is 0.200. The van der Waals surface area contributed by atoms with Crippen LogP contribution in [0.15, 0.2) is 55.0 Å². The molecule has 202 valence electrons. The number of ether oxygens (including phenoxy) is 1. The number of halogens is 1. The predicted molar refractivity (Wildman–Crippen MR) is 131 cm³/mol. The largest absolute Gasteiger partial charge is 0.501 e. The summed E-state index contributed by atoms with van der Waals surface area (Å²) < 4.78 is 28.9. The smallest absolute Gasteiger partial charge is 0.360 e. The Hall–Kier alpha value is -5.27. The molecule has 0 bridgehead atoms. The summed E-state index contributed by atoms with van der Waals surface area (Å²) >= 11 is 0. The Morgan fingerprint density at radius 3 is 1.90 bits per heavy atom. The zero-order chi connectivity index (χ0) is 28.4. The second-order valence-corrected chi connectivity index (χ2v) is 8.27. The van der Waals surface area contributed by atoms with Crippen LogP contribution in [0.4, 0.5) is 4.39 Å². The number of aromatic hydroxyl groups is 2. The number of hydrogen-bond acceptors (Lipinski definition) is 11. The van der Waals surface area contributed by atoms with E-state index in [0.29, 0.717) is 17.9 Å². The van der Waals surface area contributed by atoms with E-state index in [0.717, 1.165) is 21.8 Å². The molecule has 0 radical (unpaired) electrons. The predicted octanol–water partition coefficient (Wildman–Crippen LogP) is 2.34. The molecule has 14 heteroatoms. The molecule has 0 amide bonds. The average molecular weight is 540 g/mol. The maximum Gasteiger partial charge on any atom is 0.360 e. The van der Waals surface area contributed by atoms with E-state index in [-0.39, 0.29) is 29.2 Å². The highest BCUT2D eigenvalue weighted by Gasteiger charge is 2.21. The number of benzene rings is 1. The summed E-state index contributed by atoms with van der Waals surface area (Å²) in [6, 6.07) is 8.73. The van der Waals surface area contributed by atoms with Crippen molar-refractivity contribution in [3.63, 3.8) is 0 Å². The lowest BCUT2D eigenvalue weighted by molar-refractivity contribution is 0.0589. The molecule has 0 atom stereocenters. The second-order valence-electron chi connectivity index (χ2n) is 8.27. The summed E-state index contributed by atoms with van der Waals surface area (Å²) in [5, 5.41) is 19.3. The van der Waals surface area contributed by atoms with E-state index in [4.69, 9.17) is 9.05 Å². The molecule has 13 nitrogen and oxygen atoms in total. The molecule has 39 heavy (non-hydrogen) atoms. The van der Waals surface area contributed by atoms with Gasteiger partial charge in [0.05, 0.1) is 7.11 Å². The van der Waals surface area contributed by atoms with Gasteiger partial charge >= 0.3 is 17.1 Å². The molecule has 4 aromatic heterocycles. The van der Waals surface area contributed by atoms with Crippen LogP contribution in [0.5, 0.6) is 11.5 Å². The minimum atomic E-state index is -0.879. The number of rotatable bonds is 5. The third-order valence-corrected chi connectivity index (χ3v) is 5.42. The average Bonchev–Trinajstić information content (AvgIpc) is 3.49. The SMILES string of the molecule is COC(=O)c1nc2cc(C)on2c(=O)c1O.Cc1cc2nc(C(=O)CCc3ccc(F)cc3)c(O)c(=O)n2o1. The van der Waals surface area contributed by atoms with Crippen LogP contribution in [0.2, 0.25) is 0 Å². The lowest BCUT2D eigenvalue weighted by Gasteiger charge is -2.03. The van der Waals surface area contributed by atoms with Gasteiger partial charge in [0.1, 0.15) is 17.3 Å². The van der Waals surface area contributed by atoms with Crippen molar-refractivity contribution in [1.82, 2.24) is 19.1 Å². The van der Waals surface area contributed by atoms with Crippen molar-refractivity contribution < 1.29 is 38.0 Å². The van der Waals surface area contributed by atoms with Gasteiger partial charge < -0.3 is 24.0 Å². The molecule has 2 N–H and O–H groups in total. The Morgan fingerprint density at radius 2 is 1.38 bits per heavy atom. The highest BCUT2D eigenvalue weighted by molar-refractivity contribution is 5.97. The lowest BCUT2D eigenvalue weighted by Crippen LogP contribution is -2.18. The van der Waals surface area contributed by atoms with E-state index >= 15 is 0 Å². The van der Waals surface area contributed by atoms with Gasteiger partial charge in [0, 0.05) is 18.6 Å². The van der Waals surface area contributed by atoms with E-state index < -0.39 is 40.1 Å². The van der Waals surface area contributed by atoms with Crippen LogP contribution >= 0.6 is 0 Å². The van der Waals surface area contributed by atoms with E-state index in [1.54, 1.807) is 26.0 Å². The maximum atomic E-state index is 12.8. The standard InChI is InChI=1S/C16H13FN2O4.C9H8N2O5/c1-9-8-13-18-14(15(21)16(22)19(13)23-9)12(20)7-4-10-2-5-11(17)6-3-10;1-4-3-5-10-6(9(14)15-2)7(12)8(13)11(5)16-4/h2-3,5-6,8,21H,4,7H2,1H3;3,12H,1-2H3. The third-order valence-electron chi connectivity index (χ3n) is 5.42. The maximum absolute atomic E-state index is 12.8. The normalized spacial score (nSPS) is 10.9. The van der Waals surface area contributed by atoms with Gasteiger partial charge in [-0.05, 0) is 38.0 Å². The molecule has 0 saturated carbocycles.